The van der Waals surface area contributed by atoms with Crippen LogP contribution >= 0.6 is 0 Å². The van der Waals surface area contributed by atoms with Crippen molar-refractivity contribution < 1.29 is 22.9 Å². The molecule has 0 aliphatic rings. The summed E-state index contributed by atoms with van der Waals surface area (Å²) in [6.45, 7) is 0.887. The lowest BCUT2D eigenvalue weighted by Gasteiger charge is -1.98. The molecule has 0 spiro atoms. The van der Waals surface area contributed by atoms with Crippen LogP contribution < -0.4 is 0 Å². The van der Waals surface area contributed by atoms with Crippen molar-refractivity contribution in [1.29, 1.82) is 0 Å². The van der Waals surface area contributed by atoms with E-state index in [1.54, 1.807) is 0 Å². The van der Waals surface area contributed by atoms with Crippen molar-refractivity contribution in [3.8, 4) is 0 Å². The van der Waals surface area contributed by atoms with Crippen LogP contribution in [0.1, 0.15) is 6.92 Å². The van der Waals surface area contributed by atoms with Crippen molar-refractivity contribution in [3.63, 3.8) is 0 Å². The van der Waals surface area contributed by atoms with E-state index in [0.29, 0.717) is 0 Å². The van der Waals surface area contributed by atoms with Gasteiger partial charge >= 0.3 is 5.97 Å². The van der Waals surface area contributed by atoms with E-state index in [1.165, 1.54) is 0 Å². The van der Waals surface area contributed by atoms with Crippen molar-refractivity contribution in [1.82, 2.24) is 0 Å². The molecule has 0 aromatic heterocycles. The van der Waals surface area contributed by atoms with Crippen LogP contribution in [0.4, 0.5) is 0 Å². The number of hydrogen-bond acceptors (Lipinski definition) is 3. The maximum Gasteiger partial charge on any atom is 0.324 e. The molecule has 2 radical (unpaired) electrons. The standard InChI is InChI=1S/C3H6O5S.Mg/c1-2(3(4)5)9(6,7)8;/h2H,1H3,(H,4,5)(H,6,7,8);. The summed E-state index contributed by atoms with van der Waals surface area (Å²) in [4.78, 5) is 9.81. The van der Waals surface area contributed by atoms with E-state index in [0.717, 1.165) is 6.92 Å². The molecule has 0 aromatic carbocycles. The summed E-state index contributed by atoms with van der Waals surface area (Å²) in [6, 6.07) is 0. The zero-order valence-corrected chi connectivity index (χ0v) is 7.54. The first-order valence-corrected chi connectivity index (χ1v) is 3.55. The summed E-state index contributed by atoms with van der Waals surface area (Å²) in [5.41, 5.74) is 0. The topological polar surface area (TPSA) is 91.7 Å². The molecule has 0 aromatic rings. The largest absolute Gasteiger partial charge is 0.480 e. The Labute approximate surface area is 74.3 Å². The molecule has 10 heavy (non-hydrogen) atoms. The Kier molecular flexibility index (Phi) is 5.26. The van der Waals surface area contributed by atoms with Crippen molar-refractivity contribution in [2.24, 2.45) is 0 Å². The van der Waals surface area contributed by atoms with Crippen molar-refractivity contribution in [3.05, 3.63) is 0 Å². The van der Waals surface area contributed by atoms with Crippen LogP contribution in [0.2, 0.25) is 0 Å². The third-order valence-corrected chi connectivity index (χ3v) is 1.89. The number of carboxylic acids is 1. The number of carboxylic acid groups (broad SMARTS) is 1. The monoisotopic (exact) mass is 178 g/mol. The van der Waals surface area contributed by atoms with Gasteiger partial charge in [-0.05, 0) is 6.92 Å². The van der Waals surface area contributed by atoms with E-state index in [2.05, 4.69) is 0 Å². The molecule has 0 rings (SSSR count). The van der Waals surface area contributed by atoms with Crippen LogP contribution in [0, 0.1) is 0 Å². The van der Waals surface area contributed by atoms with Gasteiger partial charge in [0, 0.05) is 23.1 Å². The molecule has 0 bridgehead atoms. The minimum Gasteiger partial charge on any atom is -0.480 e. The summed E-state index contributed by atoms with van der Waals surface area (Å²) < 4.78 is 27.9. The first kappa shape index (κ1) is 12.8. The SMILES string of the molecule is CC(C(=O)O)S(=O)(=O)O.[Mg]. The fraction of sp³-hybridized carbons (Fsp3) is 0.667. The number of aliphatic carboxylic acids is 1. The van der Waals surface area contributed by atoms with Crippen LogP contribution in [-0.2, 0) is 14.9 Å². The summed E-state index contributed by atoms with van der Waals surface area (Å²) >= 11 is 0. The van der Waals surface area contributed by atoms with Crippen LogP contribution in [0.25, 0.3) is 0 Å². The second kappa shape index (κ2) is 4.11. The van der Waals surface area contributed by atoms with E-state index < -0.39 is 21.3 Å². The molecule has 56 valence electrons. The summed E-state index contributed by atoms with van der Waals surface area (Å²) in [6.07, 6.45) is 0. The average molecular weight is 178 g/mol. The molecule has 1 unspecified atom stereocenters. The van der Waals surface area contributed by atoms with Gasteiger partial charge in [-0.15, -0.1) is 0 Å². The lowest BCUT2D eigenvalue weighted by molar-refractivity contribution is -0.136. The zero-order valence-electron chi connectivity index (χ0n) is 5.31. The molecule has 7 heteroatoms. The molecule has 0 heterocycles. The first-order chi connectivity index (χ1) is 3.85. The second-order valence-electron chi connectivity index (χ2n) is 1.50. The maximum atomic E-state index is 9.95. The van der Waals surface area contributed by atoms with Crippen LogP contribution in [0.15, 0.2) is 0 Å². The van der Waals surface area contributed by atoms with E-state index in [4.69, 9.17) is 9.66 Å². The number of hydrogen-bond donors (Lipinski definition) is 2. The van der Waals surface area contributed by atoms with Gasteiger partial charge in [0.05, 0.1) is 0 Å². The van der Waals surface area contributed by atoms with Gasteiger partial charge in [-0.2, -0.15) is 8.42 Å². The molecule has 0 amide bonds. The van der Waals surface area contributed by atoms with Gasteiger partial charge in [-0.25, -0.2) is 0 Å². The molecule has 1 atom stereocenters. The fourth-order valence-electron chi connectivity index (χ4n) is 0.127. The average Bonchev–Trinajstić information content (AvgIpc) is 1.62. The summed E-state index contributed by atoms with van der Waals surface area (Å²) in [7, 11) is -4.40. The van der Waals surface area contributed by atoms with E-state index in [-0.39, 0.29) is 23.1 Å². The molecule has 0 saturated heterocycles. The Bertz CT molecular complexity index is 207. The van der Waals surface area contributed by atoms with Crippen molar-refractivity contribution in [2.75, 3.05) is 0 Å². The Morgan fingerprint density at radius 2 is 1.80 bits per heavy atom. The Morgan fingerprint density at radius 1 is 1.50 bits per heavy atom. The van der Waals surface area contributed by atoms with Gasteiger partial charge in [0.25, 0.3) is 10.1 Å². The summed E-state index contributed by atoms with van der Waals surface area (Å²) in [5, 5.41) is 6.24. The van der Waals surface area contributed by atoms with Gasteiger partial charge in [0.2, 0.25) is 0 Å². The van der Waals surface area contributed by atoms with Gasteiger partial charge in [-0.3, -0.25) is 9.35 Å². The highest BCUT2D eigenvalue weighted by Gasteiger charge is 2.24. The summed E-state index contributed by atoms with van der Waals surface area (Å²) in [5.74, 6) is -1.56. The lowest BCUT2D eigenvalue weighted by Crippen LogP contribution is -2.25. The van der Waals surface area contributed by atoms with Gasteiger partial charge in [-0.1, -0.05) is 0 Å². The third-order valence-electron chi connectivity index (χ3n) is 0.795. The molecule has 5 nitrogen and oxygen atoms in total. The molecular formula is C3H6MgO5S. The lowest BCUT2D eigenvalue weighted by atomic mass is 10.5. The van der Waals surface area contributed by atoms with Gasteiger partial charge in [0.15, 0.2) is 5.25 Å². The Hall–Kier alpha value is 0.146. The minimum atomic E-state index is -4.40. The highest BCUT2D eigenvalue weighted by atomic mass is 32.2. The van der Waals surface area contributed by atoms with E-state index in [1.807, 2.05) is 0 Å². The molecule has 0 saturated carbocycles. The zero-order chi connectivity index (χ0) is 7.65. The fourth-order valence-corrected chi connectivity index (χ4v) is 0.382. The smallest absolute Gasteiger partial charge is 0.324 e. The maximum absolute atomic E-state index is 9.95. The molecule has 0 aliphatic heterocycles. The quantitative estimate of drug-likeness (QED) is 0.417. The van der Waals surface area contributed by atoms with E-state index in [9.17, 15) is 13.2 Å². The third kappa shape index (κ3) is 4.04. The van der Waals surface area contributed by atoms with Gasteiger partial charge in [0.1, 0.15) is 0 Å². The molecule has 0 fully saturated rings. The predicted molar refractivity (Wildman–Crippen MR) is 34.4 cm³/mol. The van der Waals surface area contributed by atoms with Crippen molar-refractivity contribution in [2.45, 2.75) is 12.2 Å². The molecule has 2 N–H and O–H groups in total. The normalized spacial score (nSPS) is 13.4. The van der Waals surface area contributed by atoms with E-state index >= 15 is 0 Å². The van der Waals surface area contributed by atoms with Crippen LogP contribution in [0.5, 0.6) is 0 Å². The number of rotatable bonds is 2. The second-order valence-corrected chi connectivity index (χ2v) is 3.23. The number of carbonyl (C=O) groups is 1. The van der Waals surface area contributed by atoms with Crippen molar-refractivity contribution >= 4 is 39.1 Å². The van der Waals surface area contributed by atoms with Crippen LogP contribution in [0.3, 0.4) is 0 Å². The highest BCUT2D eigenvalue weighted by Crippen LogP contribution is 1.95. The Balaban J connectivity index is 0. The predicted octanol–water partition coefficient (Wildman–Crippen LogP) is -1.03. The molecule has 0 aliphatic carbocycles. The van der Waals surface area contributed by atoms with Gasteiger partial charge < -0.3 is 5.11 Å². The first-order valence-electron chi connectivity index (χ1n) is 2.05. The Morgan fingerprint density at radius 3 is 1.80 bits per heavy atom. The highest BCUT2D eigenvalue weighted by molar-refractivity contribution is 7.87. The molecular weight excluding hydrogens is 172 g/mol. The minimum absolute atomic E-state index is 0. The van der Waals surface area contributed by atoms with Crippen LogP contribution in [-0.4, -0.2) is 52.3 Å².